The molecule has 1 saturated carbocycles. The summed E-state index contributed by atoms with van der Waals surface area (Å²) >= 11 is 0. The van der Waals surface area contributed by atoms with E-state index in [0.717, 1.165) is 18.4 Å². The average Bonchev–Trinajstić information content (AvgIpc) is 2.99. The Labute approximate surface area is 83.0 Å². The van der Waals surface area contributed by atoms with Gasteiger partial charge in [-0.3, -0.25) is 0 Å². The lowest BCUT2D eigenvalue weighted by Crippen LogP contribution is -2.30. The van der Waals surface area contributed by atoms with E-state index in [1.165, 1.54) is 4.90 Å². The molecule has 14 heavy (non-hydrogen) atoms. The standard InChI is InChI=1S/C11H13NO2/c13-11(14)12(10-6-7-10)8-9-4-2-1-3-5-9/h1-5,10H,6-8H2,(H,13,14). The highest BCUT2D eigenvalue weighted by Crippen LogP contribution is 2.28. The van der Waals surface area contributed by atoms with Crippen LogP contribution < -0.4 is 0 Å². The molecule has 1 aliphatic carbocycles. The minimum absolute atomic E-state index is 0.257. The summed E-state index contributed by atoms with van der Waals surface area (Å²) in [6.07, 6.45) is 1.22. The summed E-state index contributed by atoms with van der Waals surface area (Å²) in [4.78, 5) is 12.4. The lowest BCUT2D eigenvalue weighted by atomic mass is 10.2. The summed E-state index contributed by atoms with van der Waals surface area (Å²) in [6.45, 7) is 0.515. The third-order valence-corrected chi connectivity index (χ3v) is 2.43. The van der Waals surface area contributed by atoms with Crippen LogP contribution in [0.4, 0.5) is 4.79 Å². The van der Waals surface area contributed by atoms with E-state index < -0.39 is 6.09 Å². The third-order valence-electron chi connectivity index (χ3n) is 2.43. The molecular formula is C11H13NO2. The summed E-state index contributed by atoms with van der Waals surface area (Å²) in [5.41, 5.74) is 1.06. The average molecular weight is 191 g/mol. The molecule has 3 heteroatoms. The Hall–Kier alpha value is -1.51. The molecule has 0 heterocycles. The van der Waals surface area contributed by atoms with Gasteiger partial charge in [-0.05, 0) is 18.4 Å². The second-order valence-electron chi connectivity index (χ2n) is 3.63. The van der Waals surface area contributed by atoms with Crippen molar-refractivity contribution in [3.05, 3.63) is 35.9 Å². The molecule has 0 radical (unpaired) electrons. The van der Waals surface area contributed by atoms with E-state index in [1.807, 2.05) is 30.3 Å². The normalized spacial score (nSPS) is 15.1. The molecule has 1 aromatic rings. The van der Waals surface area contributed by atoms with Crippen molar-refractivity contribution in [1.82, 2.24) is 4.90 Å². The minimum Gasteiger partial charge on any atom is -0.465 e. The van der Waals surface area contributed by atoms with Crippen molar-refractivity contribution in [2.24, 2.45) is 0 Å². The van der Waals surface area contributed by atoms with Crippen LogP contribution in [0, 0.1) is 0 Å². The van der Waals surface area contributed by atoms with Crippen LogP contribution in [0.3, 0.4) is 0 Å². The molecule has 0 bridgehead atoms. The summed E-state index contributed by atoms with van der Waals surface area (Å²) in [5, 5.41) is 8.97. The van der Waals surface area contributed by atoms with Crippen molar-refractivity contribution in [3.8, 4) is 0 Å². The molecule has 0 spiro atoms. The zero-order valence-electron chi connectivity index (χ0n) is 7.89. The Kier molecular flexibility index (Phi) is 2.39. The Morgan fingerprint density at radius 1 is 1.36 bits per heavy atom. The van der Waals surface area contributed by atoms with Gasteiger partial charge < -0.3 is 10.0 Å². The van der Waals surface area contributed by atoms with Gasteiger partial charge in [-0.2, -0.15) is 0 Å². The van der Waals surface area contributed by atoms with E-state index in [9.17, 15) is 4.79 Å². The maximum absolute atomic E-state index is 10.9. The van der Waals surface area contributed by atoms with Crippen LogP contribution in [0.5, 0.6) is 0 Å². The van der Waals surface area contributed by atoms with Crippen molar-refractivity contribution in [3.63, 3.8) is 0 Å². The summed E-state index contributed by atoms with van der Waals surface area (Å²) in [5.74, 6) is 0. The van der Waals surface area contributed by atoms with Gasteiger partial charge in [0, 0.05) is 12.6 Å². The second kappa shape index (κ2) is 3.70. The quantitative estimate of drug-likeness (QED) is 0.796. The van der Waals surface area contributed by atoms with Gasteiger partial charge in [0.25, 0.3) is 0 Å². The molecule has 1 aromatic carbocycles. The largest absolute Gasteiger partial charge is 0.465 e. The third kappa shape index (κ3) is 2.05. The van der Waals surface area contributed by atoms with Gasteiger partial charge >= 0.3 is 6.09 Å². The number of nitrogens with zero attached hydrogens (tertiary/aromatic N) is 1. The first-order valence-corrected chi connectivity index (χ1v) is 4.81. The first-order valence-electron chi connectivity index (χ1n) is 4.81. The highest BCUT2D eigenvalue weighted by Gasteiger charge is 2.32. The zero-order chi connectivity index (χ0) is 9.97. The van der Waals surface area contributed by atoms with E-state index in [0.29, 0.717) is 6.54 Å². The molecule has 3 nitrogen and oxygen atoms in total. The topological polar surface area (TPSA) is 40.5 Å². The van der Waals surface area contributed by atoms with Crippen molar-refractivity contribution >= 4 is 6.09 Å². The highest BCUT2D eigenvalue weighted by molar-refractivity contribution is 5.66. The van der Waals surface area contributed by atoms with Crippen molar-refractivity contribution in [1.29, 1.82) is 0 Å². The molecule has 2 rings (SSSR count). The maximum Gasteiger partial charge on any atom is 0.407 e. The van der Waals surface area contributed by atoms with Gasteiger partial charge in [0.2, 0.25) is 0 Å². The molecule has 0 saturated heterocycles. The number of amides is 1. The van der Waals surface area contributed by atoms with Gasteiger partial charge in [-0.25, -0.2) is 4.79 Å². The van der Waals surface area contributed by atoms with Gasteiger partial charge in [0.05, 0.1) is 0 Å². The van der Waals surface area contributed by atoms with Crippen molar-refractivity contribution in [2.45, 2.75) is 25.4 Å². The fourth-order valence-corrected chi connectivity index (χ4v) is 1.52. The van der Waals surface area contributed by atoms with Gasteiger partial charge in [0.1, 0.15) is 0 Å². The predicted octanol–water partition coefficient (Wildman–Crippen LogP) is 2.33. The monoisotopic (exact) mass is 191 g/mol. The fourth-order valence-electron chi connectivity index (χ4n) is 1.52. The number of carbonyl (C=O) groups is 1. The Morgan fingerprint density at radius 3 is 2.50 bits per heavy atom. The molecular weight excluding hydrogens is 178 g/mol. The zero-order valence-corrected chi connectivity index (χ0v) is 7.89. The number of hydrogen-bond donors (Lipinski definition) is 1. The summed E-state index contributed by atoms with van der Waals surface area (Å²) < 4.78 is 0. The molecule has 1 fully saturated rings. The van der Waals surface area contributed by atoms with Crippen molar-refractivity contribution in [2.75, 3.05) is 0 Å². The molecule has 0 aromatic heterocycles. The second-order valence-corrected chi connectivity index (χ2v) is 3.63. The van der Waals surface area contributed by atoms with Crippen LogP contribution in [0.2, 0.25) is 0 Å². The predicted molar refractivity (Wildman–Crippen MR) is 53.0 cm³/mol. The smallest absolute Gasteiger partial charge is 0.407 e. The maximum atomic E-state index is 10.9. The summed E-state index contributed by atoms with van der Waals surface area (Å²) in [7, 11) is 0. The van der Waals surface area contributed by atoms with Crippen LogP contribution in [0.1, 0.15) is 18.4 Å². The van der Waals surface area contributed by atoms with Gasteiger partial charge in [-0.15, -0.1) is 0 Å². The first kappa shape index (κ1) is 9.06. The summed E-state index contributed by atoms with van der Waals surface area (Å²) in [6, 6.07) is 9.97. The van der Waals surface area contributed by atoms with E-state index in [1.54, 1.807) is 0 Å². The van der Waals surface area contributed by atoms with Gasteiger partial charge in [-0.1, -0.05) is 30.3 Å². The molecule has 1 amide bonds. The van der Waals surface area contributed by atoms with Crippen LogP contribution in [0.25, 0.3) is 0 Å². The number of rotatable bonds is 3. The Bertz CT molecular complexity index is 319. The molecule has 1 aliphatic rings. The molecule has 74 valence electrons. The molecule has 0 unspecified atom stereocenters. The fraction of sp³-hybridized carbons (Fsp3) is 0.364. The van der Waals surface area contributed by atoms with Crippen LogP contribution in [0.15, 0.2) is 30.3 Å². The van der Waals surface area contributed by atoms with Crippen LogP contribution in [-0.2, 0) is 6.54 Å². The minimum atomic E-state index is -0.809. The van der Waals surface area contributed by atoms with E-state index >= 15 is 0 Å². The lowest BCUT2D eigenvalue weighted by Gasteiger charge is -2.18. The lowest BCUT2D eigenvalue weighted by molar-refractivity contribution is 0.139. The van der Waals surface area contributed by atoms with Crippen molar-refractivity contribution < 1.29 is 9.90 Å². The number of carboxylic acid groups (broad SMARTS) is 1. The van der Waals surface area contributed by atoms with E-state index in [2.05, 4.69) is 0 Å². The number of hydrogen-bond acceptors (Lipinski definition) is 1. The molecule has 0 atom stereocenters. The highest BCUT2D eigenvalue weighted by atomic mass is 16.4. The Balaban J connectivity index is 2.04. The van der Waals surface area contributed by atoms with Crippen LogP contribution in [-0.4, -0.2) is 22.1 Å². The molecule has 0 aliphatic heterocycles. The number of benzene rings is 1. The van der Waals surface area contributed by atoms with E-state index in [-0.39, 0.29) is 6.04 Å². The van der Waals surface area contributed by atoms with Crippen LogP contribution >= 0.6 is 0 Å². The van der Waals surface area contributed by atoms with Gasteiger partial charge in [0.15, 0.2) is 0 Å². The SMILES string of the molecule is O=C(O)N(Cc1ccccc1)C1CC1. The Morgan fingerprint density at radius 2 is 2.00 bits per heavy atom. The first-order chi connectivity index (χ1) is 6.77. The molecule has 1 N–H and O–H groups in total. The van der Waals surface area contributed by atoms with E-state index in [4.69, 9.17) is 5.11 Å².